The van der Waals surface area contributed by atoms with E-state index in [2.05, 4.69) is 15.4 Å². The van der Waals surface area contributed by atoms with Gasteiger partial charge in [-0.1, -0.05) is 17.7 Å². The smallest absolute Gasteiger partial charge is 0.337 e. The average Bonchev–Trinajstić information content (AvgIpc) is 2.60. The van der Waals surface area contributed by atoms with Gasteiger partial charge in [0, 0.05) is 5.56 Å². The van der Waals surface area contributed by atoms with E-state index < -0.39 is 23.6 Å². The van der Waals surface area contributed by atoms with Crippen molar-refractivity contribution in [2.45, 2.75) is 0 Å². The van der Waals surface area contributed by atoms with Gasteiger partial charge in [-0.2, -0.15) is 0 Å². The van der Waals surface area contributed by atoms with Crippen LogP contribution in [0.1, 0.15) is 20.7 Å². The summed E-state index contributed by atoms with van der Waals surface area (Å²) in [4.78, 5) is 35.3. The molecule has 0 aliphatic carbocycles. The number of carbonyl (C=O) groups excluding carboxylic acids is 3. The topological polar surface area (TPSA) is 84.5 Å². The number of hydrogen-bond acceptors (Lipinski definition) is 4. The molecule has 2 N–H and O–H groups in total. The molecule has 0 saturated heterocycles. The van der Waals surface area contributed by atoms with E-state index in [4.69, 9.17) is 11.6 Å². The summed E-state index contributed by atoms with van der Waals surface area (Å²) in [6.07, 6.45) is 0. The fourth-order valence-corrected chi connectivity index (χ4v) is 2.12. The second-order valence-corrected chi connectivity index (χ2v) is 5.33. The minimum Gasteiger partial charge on any atom is -0.465 e. The highest BCUT2D eigenvalue weighted by molar-refractivity contribution is 6.33. The lowest BCUT2D eigenvalue weighted by atomic mass is 10.2. The number of rotatable bonds is 5. The Morgan fingerprint density at radius 1 is 1.12 bits per heavy atom. The maximum Gasteiger partial charge on any atom is 0.337 e. The molecule has 0 bridgehead atoms. The fraction of sp³-hybridized carbons (Fsp3) is 0.118. The van der Waals surface area contributed by atoms with Gasteiger partial charge < -0.3 is 15.4 Å². The van der Waals surface area contributed by atoms with Crippen LogP contribution in [0.4, 0.5) is 10.1 Å². The number of carbonyl (C=O) groups is 3. The molecule has 130 valence electrons. The standard InChI is InChI=1S/C17H14ClFN2O4/c1-25-17(24)11-5-6-13(18)14(8-11)21-15(22)9-20-16(23)10-3-2-4-12(19)7-10/h2-8H,9H2,1H3,(H,20,23)(H,21,22). The van der Waals surface area contributed by atoms with Crippen molar-refractivity contribution in [3.8, 4) is 0 Å². The van der Waals surface area contributed by atoms with Gasteiger partial charge in [0.15, 0.2) is 0 Å². The van der Waals surface area contributed by atoms with E-state index in [-0.39, 0.29) is 28.4 Å². The van der Waals surface area contributed by atoms with Crippen LogP contribution in [0.25, 0.3) is 0 Å². The van der Waals surface area contributed by atoms with Crippen LogP contribution in [0.2, 0.25) is 5.02 Å². The van der Waals surface area contributed by atoms with Crippen LogP contribution in [-0.2, 0) is 9.53 Å². The van der Waals surface area contributed by atoms with Gasteiger partial charge in [-0.25, -0.2) is 9.18 Å². The van der Waals surface area contributed by atoms with Gasteiger partial charge in [0.05, 0.1) is 29.9 Å². The van der Waals surface area contributed by atoms with Crippen molar-refractivity contribution in [1.82, 2.24) is 5.32 Å². The molecule has 0 radical (unpaired) electrons. The van der Waals surface area contributed by atoms with Crippen LogP contribution in [0.3, 0.4) is 0 Å². The van der Waals surface area contributed by atoms with Crippen LogP contribution in [0, 0.1) is 5.82 Å². The number of nitrogens with one attached hydrogen (secondary N) is 2. The molecule has 0 saturated carbocycles. The number of anilines is 1. The lowest BCUT2D eigenvalue weighted by Crippen LogP contribution is -2.33. The zero-order valence-electron chi connectivity index (χ0n) is 13.1. The van der Waals surface area contributed by atoms with Gasteiger partial charge in [-0.15, -0.1) is 0 Å². The van der Waals surface area contributed by atoms with Crippen molar-refractivity contribution in [1.29, 1.82) is 0 Å². The molecule has 2 aromatic carbocycles. The summed E-state index contributed by atoms with van der Waals surface area (Å²) >= 11 is 5.97. The largest absolute Gasteiger partial charge is 0.465 e. The Labute approximate surface area is 147 Å². The summed E-state index contributed by atoms with van der Waals surface area (Å²) in [7, 11) is 1.23. The SMILES string of the molecule is COC(=O)c1ccc(Cl)c(NC(=O)CNC(=O)c2cccc(F)c2)c1. The van der Waals surface area contributed by atoms with Crippen LogP contribution in [0.5, 0.6) is 0 Å². The van der Waals surface area contributed by atoms with Crippen molar-refractivity contribution < 1.29 is 23.5 Å². The molecule has 8 heteroatoms. The van der Waals surface area contributed by atoms with Crippen LogP contribution >= 0.6 is 11.6 Å². The number of benzene rings is 2. The first-order chi connectivity index (χ1) is 11.9. The number of halogens is 2. The first-order valence-electron chi connectivity index (χ1n) is 7.12. The first kappa shape index (κ1) is 18.4. The Bertz CT molecular complexity index is 826. The summed E-state index contributed by atoms with van der Waals surface area (Å²) in [6, 6.07) is 9.34. The number of amides is 2. The molecule has 0 atom stereocenters. The quantitative estimate of drug-likeness (QED) is 0.799. The molecule has 0 aliphatic heterocycles. The molecule has 2 aromatic rings. The number of esters is 1. The fourth-order valence-electron chi connectivity index (χ4n) is 1.95. The van der Waals surface area contributed by atoms with Gasteiger partial charge in [0.1, 0.15) is 5.82 Å². The minimum atomic E-state index is -0.593. The third kappa shape index (κ3) is 5.02. The summed E-state index contributed by atoms with van der Waals surface area (Å²) in [6.45, 7) is -0.353. The predicted molar refractivity (Wildman–Crippen MR) is 90.2 cm³/mol. The summed E-state index contributed by atoms with van der Waals surface area (Å²) < 4.78 is 17.7. The second kappa shape index (κ2) is 8.25. The van der Waals surface area contributed by atoms with Crippen molar-refractivity contribution in [2.75, 3.05) is 19.0 Å². The summed E-state index contributed by atoms with van der Waals surface area (Å²) in [5, 5.41) is 5.06. The number of ether oxygens (including phenoxy) is 1. The van der Waals surface area contributed by atoms with E-state index in [1.165, 1.54) is 43.5 Å². The van der Waals surface area contributed by atoms with Crippen LogP contribution in [-0.4, -0.2) is 31.4 Å². The molecule has 0 aromatic heterocycles. The number of hydrogen-bond donors (Lipinski definition) is 2. The third-order valence-corrected chi connectivity index (χ3v) is 3.49. The van der Waals surface area contributed by atoms with E-state index in [1.54, 1.807) is 0 Å². The predicted octanol–water partition coefficient (Wildman–Crippen LogP) is 2.63. The minimum absolute atomic E-state index is 0.0959. The zero-order valence-corrected chi connectivity index (χ0v) is 13.9. The third-order valence-electron chi connectivity index (χ3n) is 3.16. The van der Waals surface area contributed by atoms with Crippen molar-refractivity contribution >= 4 is 35.1 Å². The Balaban J connectivity index is 1.98. The Morgan fingerprint density at radius 3 is 2.56 bits per heavy atom. The van der Waals surface area contributed by atoms with E-state index >= 15 is 0 Å². The Morgan fingerprint density at radius 2 is 1.88 bits per heavy atom. The van der Waals surface area contributed by atoms with Crippen LogP contribution in [0.15, 0.2) is 42.5 Å². The lowest BCUT2D eigenvalue weighted by molar-refractivity contribution is -0.115. The maximum absolute atomic E-state index is 13.1. The summed E-state index contributed by atoms with van der Waals surface area (Å²) in [5.41, 5.74) is 0.513. The normalized spacial score (nSPS) is 10.0. The Kier molecular flexibility index (Phi) is 6.08. The molecule has 0 unspecified atom stereocenters. The molecular formula is C17H14ClFN2O4. The highest BCUT2D eigenvalue weighted by Gasteiger charge is 2.13. The van der Waals surface area contributed by atoms with Crippen molar-refractivity contribution in [3.63, 3.8) is 0 Å². The molecule has 25 heavy (non-hydrogen) atoms. The zero-order chi connectivity index (χ0) is 18.4. The monoisotopic (exact) mass is 364 g/mol. The molecule has 0 heterocycles. The van der Waals surface area contributed by atoms with Gasteiger partial charge in [0.2, 0.25) is 5.91 Å². The van der Waals surface area contributed by atoms with E-state index in [0.717, 1.165) is 6.07 Å². The van der Waals surface area contributed by atoms with E-state index in [9.17, 15) is 18.8 Å². The lowest BCUT2D eigenvalue weighted by Gasteiger charge is -2.10. The highest BCUT2D eigenvalue weighted by Crippen LogP contribution is 2.23. The van der Waals surface area contributed by atoms with Crippen LogP contribution < -0.4 is 10.6 Å². The van der Waals surface area contributed by atoms with Gasteiger partial charge in [0.25, 0.3) is 5.91 Å². The molecule has 2 rings (SSSR count). The van der Waals surface area contributed by atoms with Gasteiger partial charge >= 0.3 is 5.97 Å². The van der Waals surface area contributed by atoms with Crippen molar-refractivity contribution in [2.24, 2.45) is 0 Å². The molecule has 2 amide bonds. The average molecular weight is 365 g/mol. The first-order valence-corrected chi connectivity index (χ1v) is 7.50. The maximum atomic E-state index is 13.1. The molecule has 0 spiro atoms. The van der Waals surface area contributed by atoms with Gasteiger partial charge in [-0.05, 0) is 36.4 Å². The van der Waals surface area contributed by atoms with E-state index in [1.807, 2.05) is 0 Å². The van der Waals surface area contributed by atoms with E-state index in [0.29, 0.717) is 0 Å². The molecule has 0 aliphatic rings. The Hall–Kier alpha value is -2.93. The highest BCUT2D eigenvalue weighted by atomic mass is 35.5. The molecular weight excluding hydrogens is 351 g/mol. The van der Waals surface area contributed by atoms with Gasteiger partial charge in [-0.3, -0.25) is 9.59 Å². The van der Waals surface area contributed by atoms with Crippen molar-refractivity contribution in [3.05, 3.63) is 64.4 Å². The molecule has 6 nitrogen and oxygen atoms in total. The molecule has 0 fully saturated rings. The summed E-state index contributed by atoms with van der Waals surface area (Å²) in [5.74, 6) is -2.28. The number of methoxy groups -OCH3 is 1. The second-order valence-electron chi connectivity index (χ2n) is 4.93.